The van der Waals surface area contributed by atoms with Gasteiger partial charge in [0, 0.05) is 12.6 Å². The average Bonchev–Trinajstić information content (AvgIpc) is 2.42. The summed E-state index contributed by atoms with van der Waals surface area (Å²) < 4.78 is 0. The lowest BCUT2D eigenvalue weighted by Gasteiger charge is -2.24. The molecule has 1 atom stereocenters. The van der Waals surface area contributed by atoms with Gasteiger partial charge in [0.2, 0.25) is 0 Å². The summed E-state index contributed by atoms with van der Waals surface area (Å²) in [5, 5.41) is 14.4. The van der Waals surface area contributed by atoms with Crippen LogP contribution in [0.2, 0.25) is 10.0 Å². The molecule has 1 aromatic carbocycles. The average molecular weight is 340 g/mol. The molecular formula is C14H21Cl3N2O. The van der Waals surface area contributed by atoms with Gasteiger partial charge in [0.05, 0.1) is 21.8 Å². The molecule has 1 saturated carbocycles. The van der Waals surface area contributed by atoms with E-state index in [1.54, 1.807) is 12.1 Å². The smallest absolute Gasteiger partial charge is 0.0915 e. The van der Waals surface area contributed by atoms with Crippen LogP contribution in [0.15, 0.2) is 12.1 Å². The van der Waals surface area contributed by atoms with Gasteiger partial charge in [-0.25, -0.2) is 0 Å². The van der Waals surface area contributed by atoms with Crippen molar-refractivity contribution in [2.45, 2.75) is 44.2 Å². The molecule has 1 aliphatic rings. The lowest BCUT2D eigenvalue weighted by atomic mass is 9.95. The summed E-state index contributed by atoms with van der Waals surface area (Å²) in [6, 6.07) is 3.87. The topological polar surface area (TPSA) is 58.3 Å². The predicted octanol–water partition coefficient (Wildman–Crippen LogP) is 3.95. The van der Waals surface area contributed by atoms with Crippen molar-refractivity contribution in [2.75, 3.05) is 12.3 Å². The van der Waals surface area contributed by atoms with Gasteiger partial charge < -0.3 is 16.2 Å². The van der Waals surface area contributed by atoms with E-state index in [1.807, 2.05) is 0 Å². The summed E-state index contributed by atoms with van der Waals surface area (Å²) >= 11 is 11.9. The van der Waals surface area contributed by atoms with Crippen molar-refractivity contribution in [3.63, 3.8) is 0 Å². The van der Waals surface area contributed by atoms with Gasteiger partial charge in [-0.3, -0.25) is 0 Å². The number of halogens is 3. The largest absolute Gasteiger partial charge is 0.396 e. The van der Waals surface area contributed by atoms with Gasteiger partial charge in [-0.05, 0) is 30.5 Å². The molecule has 2 rings (SSSR count). The van der Waals surface area contributed by atoms with E-state index in [9.17, 15) is 5.11 Å². The first-order valence-corrected chi connectivity index (χ1v) is 7.49. The van der Waals surface area contributed by atoms with Crippen molar-refractivity contribution in [2.24, 2.45) is 0 Å². The molecule has 0 heterocycles. The zero-order chi connectivity index (χ0) is 13.8. The van der Waals surface area contributed by atoms with Crippen LogP contribution in [0, 0.1) is 0 Å². The number of anilines is 1. The zero-order valence-electron chi connectivity index (χ0n) is 11.2. The third-order valence-electron chi connectivity index (χ3n) is 3.69. The lowest BCUT2D eigenvalue weighted by Crippen LogP contribution is -2.34. The van der Waals surface area contributed by atoms with Crippen molar-refractivity contribution >= 4 is 41.3 Å². The van der Waals surface area contributed by atoms with Crippen molar-refractivity contribution in [3.05, 3.63) is 27.7 Å². The Morgan fingerprint density at radius 1 is 1.20 bits per heavy atom. The van der Waals surface area contributed by atoms with Crippen LogP contribution in [-0.4, -0.2) is 17.7 Å². The van der Waals surface area contributed by atoms with Crippen LogP contribution >= 0.6 is 35.6 Å². The molecule has 20 heavy (non-hydrogen) atoms. The van der Waals surface area contributed by atoms with E-state index in [2.05, 4.69) is 5.32 Å². The highest BCUT2D eigenvalue weighted by Gasteiger charge is 2.16. The molecule has 0 aliphatic heterocycles. The molecule has 1 fully saturated rings. The third kappa shape index (κ3) is 4.68. The molecule has 4 N–H and O–H groups in total. The second kappa shape index (κ2) is 8.30. The second-order valence-electron chi connectivity index (χ2n) is 5.16. The minimum atomic E-state index is -0.613. The SMILES string of the molecule is Cl.Nc1c(Cl)cc(C(O)CNC2CCCCC2)cc1Cl. The number of nitrogens with one attached hydrogen (secondary N) is 1. The number of rotatable bonds is 4. The zero-order valence-corrected chi connectivity index (χ0v) is 13.6. The first kappa shape index (κ1) is 17.9. The highest BCUT2D eigenvalue weighted by molar-refractivity contribution is 6.38. The summed E-state index contributed by atoms with van der Waals surface area (Å²) in [5.74, 6) is 0. The van der Waals surface area contributed by atoms with Crippen molar-refractivity contribution in [3.8, 4) is 0 Å². The fraction of sp³-hybridized carbons (Fsp3) is 0.571. The van der Waals surface area contributed by atoms with Crippen molar-refractivity contribution < 1.29 is 5.11 Å². The Morgan fingerprint density at radius 2 is 1.75 bits per heavy atom. The molecule has 0 bridgehead atoms. The quantitative estimate of drug-likeness (QED) is 0.728. The number of aliphatic hydroxyl groups excluding tert-OH is 1. The minimum absolute atomic E-state index is 0. The van der Waals surface area contributed by atoms with E-state index in [1.165, 1.54) is 32.1 Å². The standard InChI is InChI=1S/C14H20Cl2N2O.ClH/c15-11-6-9(7-12(16)14(11)17)13(19)8-18-10-4-2-1-3-5-10;/h6-7,10,13,18-19H,1-5,8,17H2;1H. The summed E-state index contributed by atoms with van der Waals surface area (Å²) in [7, 11) is 0. The normalized spacial score (nSPS) is 17.6. The van der Waals surface area contributed by atoms with Crippen LogP contribution in [0.4, 0.5) is 5.69 Å². The van der Waals surface area contributed by atoms with Crippen molar-refractivity contribution in [1.29, 1.82) is 0 Å². The maximum absolute atomic E-state index is 10.2. The molecule has 0 aromatic heterocycles. The molecular weight excluding hydrogens is 319 g/mol. The molecule has 1 unspecified atom stereocenters. The summed E-state index contributed by atoms with van der Waals surface area (Å²) in [5.41, 5.74) is 6.74. The number of aliphatic hydroxyl groups is 1. The Bertz CT molecular complexity index is 413. The predicted molar refractivity (Wildman–Crippen MR) is 88.0 cm³/mol. The Balaban J connectivity index is 0.00000200. The maximum Gasteiger partial charge on any atom is 0.0915 e. The molecule has 3 nitrogen and oxygen atoms in total. The second-order valence-corrected chi connectivity index (χ2v) is 5.97. The van der Waals surface area contributed by atoms with Gasteiger partial charge in [-0.1, -0.05) is 42.5 Å². The van der Waals surface area contributed by atoms with Crippen LogP contribution in [0.1, 0.15) is 43.8 Å². The van der Waals surface area contributed by atoms with E-state index in [-0.39, 0.29) is 12.4 Å². The minimum Gasteiger partial charge on any atom is -0.396 e. The van der Waals surface area contributed by atoms with Crippen LogP contribution in [0.5, 0.6) is 0 Å². The number of hydrogen-bond acceptors (Lipinski definition) is 3. The summed E-state index contributed by atoms with van der Waals surface area (Å²) in [6.07, 6.45) is 5.63. The van der Waals surface area contributed by atoms with Gasteiger partial charge in [-0.2, -0.15) is 0 Å². The van der Waals surface area contributed by atoms with Gasteiger partial charge in [0.1, 0.15) is 0 Å². The fourth-order valence-electron chi connectivity index (χ4n) is 2.50. The third-order valence-corrected chi connectivity index (χ3v) is 4.32. The maximum atomic E-state index is 10.2. The number of benzene rings is 1. The molecule has 1 aromatic rings. The van der Waals surface area contributed by atoms with Gasteiger partial charge in [-0.15, -0.1) is 12.4 Å². The highest BCUT2D eigenvalue weighted by Crippen LogP contribution is 2.31. The number of hydrogen-bond donors (Lipinski definition) is 3. The van der Waals surface area contributed by atoms with Crippen LogP contribution in [-0.2, 0) is 0 Å². The molecule has 1 aliphatic carbocycles. The van der Waals surface area contributed by atoms with E-state index in [0.29, 0.717) is 33.9 Å². The molecule has 0 radical (unpaired) electrons. The Kier molecular flexibility index (Phi) is 7.41. The Labute approximate surface area is 136 Å². The Morgan fingerprint density at radius 3 is 2.30 bits per heavy atom. The van der Waals surface area contributed by atoms with Crippen LogP contribution < -0.4 is 11.1 Å². The van der Waals surface area contributed by atoms with E-state index in [0.717, 1.165) is 0 Å². The Hall–Kier alpha value is -0.190. The highest BCUT2D eigenvalue weighted by atomic mass is 35.5. The molecule has 114 valence electrons. The number of nitrogens with two attached hydrogens (primary N) is 1. The summed E-state index contributed by atoms with van der Waals surface area (Å²) in [4.78, 5) is 0. The molecule has 0 saturated heterocycles. The van der Waals surface area contributed by atoms with Crippen LogP contribution in [0.3, 0.4) is 0 Å². The molecule has 0 amide bonds. The number of nitrogen functional groups attached to an aromatic ring is 1. The molecule has 0 spiro atoms. The lowest BCUT2D eigenvalue weighted by molar-refractivity contribution is 0.165. The van der Waals surface area contributed by atoms with Crippen LogP contribution in [0.25, 0.3) is 0 Å². The van der Waals surface area contributed by atoms with Crippen molar-refractivity contribution in [1.82, 2.24) is 5.32 Å². The monoisotopic (exact) mass is 338 g/mol. The molecule has 6 heteroatoms. The first-order valence-electron chi connectivity index (χ1n) is 6.74. The van der Waals surface area contributed by atoms with E-state index >= 15 is 0 Å². The van der Waals surface area contributed by atoms with Gasteiger partial charge in [0.15, 0.2) is 0 Å². The summed E-state index contributed by atoms with van der Waals surface area (Å²) in [6.45, 7) is 0.515. The van der Waals surface area contributed by atoms with E-state index < -0.39 is 6.10 Å². The first-order chi connectivity index (χ1) is 9.08. The van der Waals surface area contributed by atoms with Gasteiger partial charge >= 0.3 is 0 Å². The van der Waals surface area contributed by atoms with Gasteiger partial charge in [0.25, 0.3) is 0 Å². The van der Waals surface area contributed by atoms with E-state index in [4.69, 9.17) is 28.9 Å². The fourth-order valence-corrected chi connectivity index (χ4v) is 3.00.